The Balaban J connectivity index is 1.58. The van der Waals surface area contributed by atoms with E-state index in [0.717, 1.165) is 33.8 Å². The van der Waals surface area contributed by atoms with Crippen LogP contribution in [0.25, 0.3) is 11.3 Å². The molecule has 2 aromatic carbocycles. The Kier molecular flexibility index (Phi) is 6.46. The highest BCUT2D eigenvalue weighted by atomic mass is 35.5. The molecule has 37 heavy (non-hydrogen) atoms. The van der Waals surface area contributed by atoms with Gasteiger partial charge in [0, 0.05) is 22.6 Å². The van der Waals surface area contributed by atoms with Crippen LogP contribution in [0, 0.1) is 19.8 Å². The number of hydrogen-bond donors (Lipinski definition) is 2. The number of aldehydes is 1. The molecule has 2 N–H and O–H groups in total. The molecular formula is C29H30ClN3O4. The quantitative estimate of drug-likeness (QED) is 0.208. The molecule has 1 aromatic heterocycles. The minimum Gasteiger partial charge on any atom is -0.507 e. The molecule has 3 unspecified atom stereocenters. The fourth-order valence-electron chi connectivity index (χ4n) is 5.16. The summed E-state index contributed by atoms with van der Waals surface area (Å²) < 4.78 is 12.7. The predicted octanol–water partition coefficient (Wildman–Crippen LogP) is 6.87. The van der Waals surface area contributed by atoms with Crippen LogP contribution in [0.1, 0.15) is 72.5 Å². The summed E-state index contributed by atoms with van der Waals surface area (Å²) in [5.41, 5.74) is 6.98. The van der Waals surface area contributed by atoms with Crippen molar-refractivity contribution in [3.05, 3.63) is 74.9 Å². The van der Waals surface area contributed by atoms with Gasteiger partial charge in [0.15, 0.2) is 6.29 Å². The van der Waals surface area contributed by atoms with Crippen molar-refractivity contribution in [3.8, 4) is 22.8 Å². The van der Waals surface area contributed by atoms with Crippen LogP contribution in [-0.2, 0) is 4.74 Å². The number of phenolic OH excluding ortho intramolecular Hbond substituents is 1. The highest BCUT2D eigenvalue weighted by Gasteiger charge is 2.47. The van der Waals surface area contributed by atoms with Gasteiger partial charge in [-0.25, -0.2) is 9.97 Å². The van der Waals surface area contributed by atoms with Gasteiger partial charge in [0.2, 0.25) is 5.28 Å². The number of aryl methyl sites for hydroxylation is 1. The molecule has 8 heteroatoms. The average molecular weight is 520 g/mol. The Labute approximate surface area is 221 Å². The van der Waals surface area contributed by atoms with Gasteiger partial charge in [-0.3, -0.25) is 4.79 Å². The second kappa shape index (κ2) is 9.47. The zero-order chi connectivity index (χ0) is 26.6. The summed E-state index contributed by atoms with van der Waals surface area (Å²) >= 11 is 6.18. The van der Waals surface area contributed by atoms with E-state index in [0.29, 0.717) is 28.8 Å². The zero-order valence-electron chi connectivity index (χ0n) is 21.7. The Morgan fingerprint density at radius 3 is 2.59 bits per heavy atom. The van der Waals surface area contributed by atoms with Gasteiger partial charge in [-0.05, 0) is 68.6 Å². The Hall–Kier alpha value is -3.42. The van der Waals surface area contributed by atoms with Crippen molar-refractivity contribution in [2.75, 3.05) is 5.32 Å². The molecule has 0 spiro atoms. The number of rotatable bonds is 6. The smallest absolute Gasteiger partial charge is 0.223 e. The molecule has 2 aliphatic rings. The van der Waals surface area contributed by atoms with Gasteiger partial charge in [0.25, 0.3) is 0 Å². The lowest BCUT2D eigenvalue weighted by molar-refractivity contribution is 0.112. The number of allylic oxidation sites excluding steroid dienone is 1. The second-order valence-electron chi connectivity index (χ2n) is 10.1. The molecule has 2 aliphatic heterocycles. The minimum atomic E-state index is -0.191. The van der Waals surface area contributed by atoms with Gasteiger partial charge < -0.3 is 19.9 Å². The van der Waals surface area contributed by atoms with Gasteiger partial charge in [-0.2, -0.15) is 0 Å². The van der Waals surface area contributed by atoms with Crippen molar-refractivity contribution in [3.63, 3.8) is 0 Å². The number of epoxide rings is 1. The first-order valence-electron chi connectivity index (χ1n) is 12.4. The predicted molar refractivity (Wildman–Crippen MR) is 143 cm³/mol. The Morgan fingerprint density at radius 1 is 1.14 bits per heavy atom. The lowest BCUT2D eigenvalue weighted by Crippen LogP contribution is -2.14. The summed E-state index contributed by atoms with van der Waals surface area (Å²) in [6, 6.07) is 7.28. The third-order valence-corrected chi connectivity index (χ3v) is 7.29. The fraction of sp³-hybridized carbons (Fsp3) is 0.345. The third-order valence-electron chi connectivity index (χ3n) is 7.10. The summed E-state index contributed by atoms with van der Waals surface area (Å²) in [4.78, 5) is 20.3. The number of ether oxygens (including phenoxy) is 2. The third kappa shape index (κ3) is 4.47. The number of hydrogen-bond acceptors (Lipinski definition) is 7. The van der Waals surface area contributed by atoms with Crippen molar-refractivity contribution in [2.45, 2.75) is 59.8 Å². The number of carbonyl (C=O) groups excluding carboxylic acids is 1. The number of nitrogens with one attached hydrogen (secondary N) is 1. The van der Waals surface area contributed by atoms with Crippen LogP contribution in [0.4, 0.5) is 5.69 Å². The maximum Gasteiger partial charge on any atom is 0.223 e. The van der Waals surface area contributed by atoms with E-state index in [1.54, 1.807) is 19.2 Å². The molecule has 3 heterocycles. The van der Waals surface area contributed by atoms with Crippen molar-refractivity contribution >= 4 is 23.6 Å². The van der Waals surface area contributed by atoms with E-state index in [1.165, 1.54) is 6.07 Å². The van der Waals surface area contributed by atoms with E-state index in [1.807, 2.05) is 0 Å². The van der Waals surface area contributed by atoms with Crippen molar-refractivity contribution in [1.29, 1.82) is 0 Å². The summed E-state index contributed by atoms with van der Waals surface area (Å²) in [6.07, 6.45) is 2.32. The van der Waals surface area contributed by atoms with Gasteiger partial charge in [-0.1, -0.05) is 25.5 Å². The van der Waals surface area contributed by atoms with Crippen LogP contribution in [0.15, 0.2) is 41.8 Å². The number of aromatic hydroxyl groups is 1. The van der Waals surface area contributed by atoms with Crippen LogP contribution in [0.5, 0.6) is 11.5 Å². The van der Waals surface area contributed by atoms with Crippen LogP contribution >= 0.6 is 11.6 Å². The number of anilines is 1. The topological polar surface area (TPSA) is 96.9 Å². The normalized spacial score (nSPS) is 19.0. The van der Waals surface area contributed by atoms with E-state index in [-0.39, 0.29) is 40.8 Å². The zero-order valence-corrected chi connectivity index (χ0v) is 22.5. The van der Waals surface area contributed by atoms with Crippen molar-refractivity contribution in [2.24, 2.45) is 5.92 Å². The summed E-state index contributed by atoms with van der Waals surface area (Å²) in [6.45, 7) is 12.2. The van der Waals surface area contributed by atoms with Gasteiger partial charge >= 0.3 is 0 Å². The first-order chi connectivity index (χ1) is 17.6. The first-order valence-corrected chi connectivity index (χ1v) is 12.7. The highest BCUT2D eigenvalue weighted by Crippen LogP contribution is 2.53. The average Bonchev–Trinajstić information content (AvgIpc) is 3.65. The minimum absolute atomic E-state index is 0.00654. The molecule has 0 radical (unpaired) electrons. The van der Waals surface area contributed by atoms with Gasteiger partial charge in [0.05, 0.1) is 29.2 Å². The molecule has 7 nitrogen and oxygen atoms in total. The van der Waals surface area contributed by atoms with Gasteiger partial charge in [-0.15, -0.1) is 0 Å². The van der Waals surface area contributed by atoms with Gasteiger partial charge in [0.1, 0.15) is 29.5 Å². The molecule has 0 bridgehead atoms. The van der Waals surface area contributed by atoms with E-state index in [2.05, 4.69) is 62.0 Å². The number of nitrogens with zero attached hydrogens (tertiary/aromatic N) is 2. The molecule has 192 valence electrons. The van der Waals surface area contributed by atoms with E-state index in [9.17, 15) is 9.90 Å². The molecule has 3 atom stereocenters. The van der Waals surface area contributed by atoms with Crippen LogP contribution in [0.2, 0.25) is 5.28 Å². The second-order valence-corrected chi connectivity index (χ2v) is 10.4. The number of benzene rings is 2. The monoisotopic (exact) mass is 519 g/mol. The molecule has 5 rings (SSSR count). The molecule has 3 aromatic rings. The molecule has 0 saturated carbocycles. The lowest BCUT2D eigenvalue weighted by Gasteiger charge is -2.24. The summed E-state index contributed by atoms with van der Waals surface area (Å²) in [7, 11) is 0. The fourth-order valence-corrected chi connectivity index (χ4v) is 5.30. The Bertz CT molecular complexity index is 1450. The largest absolute Gasteiger partial charge is 0.507 e. The number of halogens is 1. The van der Waals surface area contributed by atoms with Crippen LogP contribution < -0.4 is 10.1 Å². The number of carbonyl (C=O) groups is 1. The van der Waals surface area contributed by atoms with Crippen molar-refractivity contribution < 1.29 is 19.4 Å². The van der Waals surface area contributed by atoms with Crippen LogP contribution in [0.3, 0.4) is 0 Å². The summed E-state index contributed by atoms with van der Waals surface area (Å²) in [5, 5.41) is 13.7. The molecule has 1 fully saturated rings. The molecule has 0 amide bonds. The standard InChI is InChI=1S/C29H30ClN3O4/c1-13(2)25-16(5)26-28(37-26)20-10-14(3)9-19(27(20)36-25)17(6)32-22-11-31-29(30)33-24(22)18-7-8-23(35)21(12-34)15(18)4/h7-13,17,26,28,32,35H,1-6H3. The summed E-state index contributed by atoms with van der Waals surface area (Å²) in [5.74, 6) is 1.90. The number of aromatic nitrogens is 2. The maximum absolute atomic E-state index is 11.6. The SMILES string of the molecule is CC1=C(C(C)C)Oc2c(C(C)Nc3cnc(Cl)nc3-c3ccc(O)c(C=O)c3C)cc(C)cc2C2OC12. The Morgan fingerprint density at radius 2 is 1.89 bits per heavy atom. The highest BCUT2D eigenvalue weighted by molar-refractivity contribution is 6.28. The molecule has 0 aliphatic carbocycles. The number of fused-ring (bicyclic) bond motifs is 3. The molecular weight excluding hydrogens is 490 g/mol. The number of phenols is 1. The molecule has 1 saturated heterocycles. The van der Waals surface area contributed by atoms with Crippen LogP contribution in [-0.4, -0.2) is 27.5 Å². The van der Waals surface area contributed by atoms with Crippen molar-refractivity contribution in [1.82, 2.24) is 9.97 Å². The van der Waals surface area contributed by atoms with E-state index in [4.69, 9.17) is 21.1 Å². The van der Waals surface area contributed by atoms with E-state index >= 15 is 0 Å². The van der Waals surface area contributed by atoms with E-state index < -0.39 is 0 Å². The lowest BCUT2D eigenvalue weighted by atomic mass is 9.96. The maximum atomic E-state index is 11.6. The first kappa shape index (κ1) is 25.2.